The summed E-state index contributed by atoms with van der Waals surface area (Å²) in [5, 5.41) is 0. The second kappa shape index (κ2) is 5.20. The summed E-state index contributed by atoms with van der Waals surface area (Å²) < 4.78 is 11.9. The third-order valence-corrected chi connectivity index (χ3v) is 3.67. The van der Waals surface area contributed by atoms with Crippen LogP contribution in [0.25, 0.3) is 0 Å². The molecule has 0 spiro atoms. The maximum atomic E-state index is 6.03. The highest BCUT2D eigenvalue weighted by Crippen LogP contribution is 2.35. The zero-order valence-corrected chi connectivity index (χ0v) is 12.1. The molecule has 1 aliphatic heterocycles. The predicted octanol–water partition coefficient (Wildman–Crippen LogP) is 4.37. The van der Waals surface area contributed by atoms with Crippen LogP contribution < -0.4 is 9.47 Å². The van der Waals surface area contributed by atoms with Crippen molar-refractivity contribution in [2.45, 2.75) is 38.9 Å². The van der Waals surface area contributed by atoms with Gasteiger partial charge in [0.2, 0.25) is 0 Å². The molecule has 0 fully saturated rings. The molecular weight excluding hydrogens is 248 g/mol. The van der Waals surface area contributed by atoms with Crippen molar-refractivity contribution >= 4 is 0 Å². The van der Waals surface area contributed by atoms with Crippen molar-refractivity contribution in [3.05, 3.63) is 59.7 Å². The number of hydrogen-bond donors (Lipinski definition) is 0. The van der Waals surface area contributed by atoms with Crippen LogP contribution in [0.2, 0.25) is 0 Å². The fourth-order valence-electron chi connectivity index (χ4n) is 2.45. The van der Waals surface area contributed by atoms with Gasteiger partial charge in [0.1, 0.15) is 23.7 Å². The highest BCUT2D eigenvalue weighted by atomic mass is 16.5. The molecule has 1 heterocycles. The Morgan fingerprint density at radius 1 is 1.10 bits per heavy atom. The summed E-state index contributed by atoms with van der Waals surface area (Å²) in [5.74, 6) is 1.83. The van der Waals surface area contributed by atoms with Gasteiger partial charge in [0.15, 0.2) is 0 Å². The van der Waals surface area contributed by atoms with Gasteiger partial charge >= 0.3 is 0 Å². The Morgan fingerprint density at radius 2 is 1.90 bits per heavy atom. The van der Waals surface area contributed by atoms with Gasteiger partial charge < -0.3 is 9.47 Å². The largest absolute Gasteiger partial charge is 0.489 e. The van der Waals surface area contributed by atoms with E-state index < -0.39 is 0 Å². The summed E-state index contributed by atoms with van der Waals surface area (Å²) in [4.78, 5) is 0. The van der Waals surface area contributed by atoms with Crippen molar-refractivity contribution in [3.8, 4) is 11.5 Å². The first kappa shape index (κ1) is 13.0. The molecule has 2 aromatic carbocycles. The minimum atomic E-state index is -0.0783. The van der Waals surface area contributed by atoms with Crippen LogP contribution in [0.1, 0.15) is 31.4 Å². The highest BCUT2D eigenvalue weighted by Gasteiger charge is 2.26. The predicted molar refractivity (Wildman–Crippen MR) is 80.2 cm³/mol. The highest BCUT2D eigenvalue weighted by molar-refractivity contribution is 5.42. The first-order valence-corrected chi connectivity index (χ1v) is 7.11. The van der Waals surface area contributed by atoms with Gasteiger partial charge in [0, 0.05) is 6.07 Å². The molecule has 0 N–H and O–H groups in total. The zero-order valence-electron chi connectivity index (χ0n) is 12.1. The van der Waals surface area contributed by atoms with Gasteiger partial charge in [-0.3, -0.25) is 0 Å². The van der Waals surface area contributed by atoms with Crippen LogP contribution in [0.4, 0.5) is 0 Å². The van der Waals surface area contributed by atoms with E-state index in [9.17, 15) is 0 Å². The van der Waals surface area contributed by atoms with E-state index in [1.165, 1.54) is 11.1 Å². The lowest BCUT2D eigenvalue weighted by Crippen LogP contribution is -2.32. The van der Waals surface area contributed by atoms with Crippen LogP contribution in [0.15, 0.2) is 48.5 Å². The Hall–Kier alpha value is -1.96. The topological polar surface area (TPSA) is 18.5 Å². The summed E-state index contributed by atoms with van der Waals surface area (Å²) >= 11 is 0. The lowest BCUT2D eigenvalue weighted by Gasteiger charge is -2.32. The SMILES string of the molecule is CC1(C)CCc2ccc(OCc3ccccc3)cc2O1. The van der Waals surface area contributed by atoms with Crippen LogP contribution in [0.3, 0.4) is 0 Å². The Bertz CT molecular complexity index is 588. The Balaban J connectivity index is 1.72. The summed E-state index contributed by atoms with van der Waals surface area (Å²) in [6.45, 7) is 4.85. The molecule has 0 amide bonds. The molecule has 0 aromatic heterocycles. The van der Waals surface area contributed by atoms with Gasteiger partial charge in [0.05, 0.1) is 0 Å². The van der Waals surface area contributed by atoms with E-state index in [2.05, 4.69) is 32.0 Å². The summed E-state index contributed by atoms with van der Waals surface area (Å²) in [7, 11) is 0. The van der Waals surface area contributed by atoms with Crippen LogP contribution in [0, 0.1) is 0 Å². The van der Waals surface area contributed by atoms with Gasteiger partial charge in [-0.2, -0.15) is 0 Å². The van der Waals surface area contributed by atoms with E-state index in [4.69, 9.17) is 9.47 Å². The normalized spacial score (nSPS) is 16.1. The van der Waals surface area contributed by atoms with Crippen LogP contribution >= 0.6 is 0 Å². The summed E-state index contributed by atoms with van der Waals surface area (Å²) in [5.41, 5.74) is 2.37. The quantitative estimate of drug-likeness (QED) is 0.823. The molecule has 2 aromatic rings. The fraction of sp³-hybridized carbons (Fsp3) is 0.333. The molecule has 20 heavy (non-hydrogen) atoms. The van der Waals surface area contributed by atoms with Crippen molar-refractivity contribution in [3.63, 3.8) is 0 Å². The Labute approximate surface area is 120 Å². The number of aryl methyl sites for hydroxylation is 1. The molecular formula is C18H20O2. The monoisotopic (exact) mass is 268 g/mol. The van der Waals surface area contributed by atoms with E-state index in [0.29, 0.717) is 6.61 Å². The molecule has 1 aliphatic rings. The molecule has 0 bridgehead atoms. The maximum absolute atomic E-state index is 6.03. The van der Waals surface area contributed by atoms with E-state index in [0.717, 1.165) is 24.3 Å². The zero-order chi connectivity index (χ0) is 14.0. The molecule has 0 saturated heterocycles. The number of fused-ring (bicyclic) bond motifs is 1. The smallest absolute Gasteiger partial charge is 0.126 e. The standard InChI is InChI=1S/C18H20O2/c1-18(2)11-10-15-8-9-16(12-17(15)20-18)19-13-14-6-4-3-5-7-14/h3-9,12H,10-11,13H2,1-2H3. The minimum Gasteiger partial charge on any atom is -0.489 e. The number of benzene rings is 2. The first-order valence-electron chi connectivity index (χ1n) is 7.11. The van der Waals surface area contributed by atoms with Crippen molar-refractivity contribution < 1.29 is 9.47 Å². The average molecular weight is 268 g/mol. The molecule has 0 unspecified atom stereocenters. The molecule has 0 aliphatic carbocycles. The van der Waals surface area contributed by atoms with Gasteiger partial charge in [-0.05, 0) is 43.9 Å². The van der Waals surface area contributed by atoms with Crippen LogP contribution in [0.5, 0.6) is 11.5 Å². The third kappa shape index (κ3) is 2.96. The lowest BCUT2D eigenvalue weighted by molar-refractivity contribution is 0.0842. The minimum absolute atomic E-state index is 0.0783. The number of ether oxygens (including phenoxy) is 2. The lowest BCUT2D eigenvalue weighted by atomic mass is 9.94. The van der Waals surface area contributed by atoms with Crippen molar-refractivity contribution in [2.24, 2.45) is 0 Å². The van der Waals surface area contributed by atoms with Crippen LogP contribution in [-0.2, 0) is 13.0 Å². The molecule has 0 saturated carbocycles. The molecule has 2 heteroatoms. The van der Waals surface area contributed by atoms with Gasteiger partial charge in [-0.1, -0.05) is 36.4 Å². The van der Waals surface area contributed by atoms with Crippen molar-refractivity contribution in [1.29, 1.82) is 0 Å². The van der Waals surface area contributed by atoms with E-state index in [1.54, 1.807) is 0 Å². The number of hydrogen-bond acceptors (Lipinski definition) is 2. The first-order chi connectivity index (χ1) is 9.62. The van der Waals surface area contributed by atoms with E-state index in [1.807, 2.05) is 30.3 Å². The molecule has 2 nitrogen and oxygen atoms in total. The molecule has 104 valence electrons. The molecule has 3 rings (SSSR count). The van der Waals surface area contributed by atoms with Crippen molar-refractivity contribution in [2.75, 3.05) is 0 Å². The maximum Gasteiger partial charge on any atom is 0.126 e. The molecule has 0 radical (unpaired) electrons. The van der Waals surface area contributed by atoms with Gasteiger partial charge in [-0.15, -0.1) is 0 Å². The van der Waals surface area contributed by atoms with Crippen molar-refractivity contribution in [1.82, 2.24) is 0 Å². The van der Waals surface area contributed by atoms with E-state index in [-0.39, 0.29) is 5.60 Å². The van der Waals surface area contributed by atoms with E-state index >= 15 is 0 Å². The summed E-state index contributed by atoms with van der Waals surface area (Å²) in [6, 6.07) is 16.4. The summed E-state index contributed by atoms with van der Waals surface area (Å²) in [6.07, 6.45) is 2.13. The fourth-order valence-corrected chi connectivity index (χ4v) is 2.45. The second-order valence-electron chi connectivity index (χ2n) is 5.91. The average Bonchev–Trinajstić information content (AvgIpc) is 2.45. The van der Waals surface area contributed by atoms with Gasteiger partial charge in [-0.25, -0.2) is 0 Å². The van der Waals surface area contributed by atoms with Gasteiger partial charge in [0.25, 0.3) is 0 Å². The van der Waals surface area contributed by atoms with Crippen LogP contribution in [-0.4, -0.2) is 5.60 Å². The number of rotatable bonds is 3. The molecule has 0 atom stereocenters. The third-order valence-electron chi connectivity index (χ3n) is 3.67. The Morgan fingerprint density at radius 3 is 2.70 bits per heavy atom. The second-order valence-corrected chi connectivity index (χ2v) is 5.91. The Kier molecular flexibility index (Phi) is 3.39.